The van der Waals surface area contributed by atoms with Crippen LogP contribution in [0.15, 0.2) is 24.3 Å². The molecule has 0 aliphatic carbocycles. The highest BCUT2D eigenvalue weighted by molar-refractivity contribution is 5.93. The van der Waals surface area contributed by atoms with E-state index in [1.165, 1.54) is 21.6 Å². The highest BCUT2D eigenvalue weighted by Gasteiger charge is 2.26. The first-order chi connectivity index (χ1) is 14.8. The summed E-state index contributed by atoms with van der Waals surface area (Å²) in [6.07, 6.45) is 0. The van der Waals surface area contributed by atoms with Crippen LogP contribution in [0.25, 0.3) is 0 Å². The number of quaternary nitrogens is 2. The van der Waals surface area contributed by atoms with Crippen molar-refractivity contribution >= 4 is 11.6 Å². The van der Waals surface area contributed by atoms with Gasteiger partial charge in [0.15, 0.2) is 18.0 Å². The summed E-state index contributed by atoms with van der Waals surface area (Å²) >= 11 is 0. The van der Waals surface area contributed by atoms with Crippen molar-refractivity contribution in [3.8, 4) is 11.5 Å². The molecule has 168 valence electrons. The molecule has 1 amide bonds. The van der Waals surface area contributed by atoms with Crippen LogP contribution in [0.1, 0.15) is 27.8 Å². The first-order valence-corrected chi connectivity index (χ1v) is 11.1. The summed E-state index contributed by atoms with van der Waals surface area (Å²) in [5.41, 5.74) is 6.95. The number of ether oxygens (including phenoxy) is 2. The molecule has 1 aliphatic rings. The van der Waals surface area contributed by atoms with E-state index in [0.29, 0.717) is 6.54 Å². The van der Waals surface area contributed by atoms with Crippen molar-refractivity contribution in [3.63, 3.8) is 0 Å². The molecule has 0 bridgehead atoms. The number of carbonyl (C=O) groups excluding carboxylic acids is 1. The Bertz CT molecular complexity index is 911. The largest absolute Gasteiger partial charge is 0.493 e. The number of aryl methyl sites for hydroxylation is 4. The number of benzene rings is 2. The van der Waals surface area contributed by atoms with Crippen molar-refractivity contribution in [2.45, 2.75) is 34.2 Å². The standard InChI is InChI=1S/C25H35N3O3/c1-17-11-19(3)25(20(4)12-17)26-24(29)16-28-9-7-27(8-10-28)15-21-14-23(31-6)22(30-5)13-18(21)2/h11-14H,7-10,15-16H2,1-6H3,(H,26,29)/p+2. The van der Waals surface area contributed by atoms with Gasteiger partial charge in [-0.2, -0.15) is 0 Å². The second-order valence-electron chi connectivity index (χ2n) is 8.81. The van der Waals surface area contributed by atoms with Crippen molar-refractivity contribution in [2.24, 2.45) is 0 Å². The van der Waals surface area contributed by atoms with Crippen LogP contribution in [0.2, 0.25) is 0 Å². The maximum absolute atomic E-state index is 12.7. The fourth-order valence-electron chi connectivity index (χ4n) is 4.58. The van der Waals surface area contributed by atoms with Crippen molar-refractivity contribution in [2.75, 3.05) is 52.3 Å². The van der Waals surface area contributed by atoms with Crippen molar-refractivity contribution in [1.82, 2.24) is 0 Å². The topological polar surface area (TPSA) is 56.4 Å². The van der Waals surface area contributed by atoms with Crippen LogP contribution in [0.3, 0.4) is 0 Å². The van der Waals surface area contributed by atoms with Crippen LogP contribution in [0.4, 0.5) is 5.69 Å². The smallest absolute Gasteiger partial charge is 0.279 e. The van der Waals surface area contributed by atoms with Crippen molar-refractivity contribution in [3.05, 3.63) is 52.1 Å². The summed E-state index contributed by atoms with van der Waals surface area (Å²) in [4.78, 5) is 15.6. The van der Waals surface area contributed by atoms with E-state index in [1.54, 1.807) is 19.1 Å². The van der Waals surface area contributed by atoms with Crippen LogP contribution < -0.4 is 24.6 Å². The van der Waals surface area contributed by atoms with Gasteiger partial charge in [-0.25, -0.2) is 0 Å². The fraction of sp³-hybridized carbons (Fsp3) is 0.480. The monoisotopic (exact) mass is 427 g/mol. The van der Waals surface area contributed by atoms with Crippen LogP contribution in [0, 0.1) is 27.7 Å². The van der Waals surface area contributed by atoms with E-state index in [-0.39, 0.29) is 5.91 Å². The molecule has 3 rings (SSSR count). The predicted octanol–water partition coefficient (Wildman–Crippen LogP) is 0.860. The third-order valence-corrected chi connectivity index (χ3v) is 6.30. The second-order valence-corrected chi connectivity index (χ2v) is 8.81. The third kappa shape index (κ3) is 5.77. The van der Waals surface area contributed by atoms with Gasteiger partial charge in [-0.1, -0.05) is 17.7 Å². The molecule has 0 atom stereocenters. The van der Waals surface area contributed by atoms with Gasteiger partial charge in [0.05, 0.1) is 14.2 Å². The Kier molecular flexibility index (Phi) is 7.57. The van der Waals surface area contributed by atoms with Gasteiger partial charge in [-0.15, -0.1) is 0 Å². The highest BCUT2D eigenvalue weighted by atomic mass is 16.5. The highest BCUT2D eigenvalue weighted by Crippen LogP contribution is 2.29. The SMILES string of the molecule is COc1cc(C)c(C[NH+]2CC[NH+](CC(=O)Nc3c(C)cc(C)cc3C)CC2)cc1OC. The molecule has 31 heavy (non-hydrogen) atoms. The first kappa shape index (κ1) is 23.1. The summed E-state index contributed by atoms with van der Waals surface area (Å²) in [5.74, 6) is 1.66. The number of anilines is 1. The zero-order valence-electron chi connectivity index (χ0n) is 19.8. The summed E-state index contributed by atoms with van der Waals surface area (Å²) in [5, 5.41) is 3.14. The maximum Gasteiger partial charge on any atom is 0.279 e. The molecule has 1 aliphatic heterocycles. The minimum absolute atomic E-state index is 0.101. The number of carbonyl (C=O) groups is 1. The number of piperazine rings is 1. The van der Waals surface area contributed by atoms with Crippen LogP contribution in [-0.2, 0) is 11.3 Å². The lowest BCUT2D eigenvalue weighted by Crippen LogP contribution is -3.28. The number of rotatable bonds is 7. The zero-order chi connectivity index (χ0) is 22.5. The van der Waals surface area contributed by atoms with E-state index in [0.717, 1.165) is 61.0 Å². The normalized spacial score (nSPS) is 18.5. The number of hydrogen-bond donors (Lipinski definition) is 3. The van der Waals surface area contributed by atoms with Gasteiger partial charge in [0.1, 0.15) is 32.7 Å². The average Bonchev–Trinajstić information content (AvgIpc) is 2.73. The van der Waals surface area contributed by atoms with Crippen molar-refractivity contribution in [1.29, 1.82) is 0 Å². The van der Waals surface area contributed by atoms with Crippen LogP contribution >= 0.6 is 0 Å². The van der Waals surface area contributed by atoms with Gasteiger partial charge in [-0.3, -0.25) is 4.79 Å². The zero-order valence-corrected chi connectivity index (χ0v) is 19.8. The van der Waals surface area contributed by atoms with Crippen molar-refractivity contribution < 1.29 is 24.1 Å². The molecule has 2 aromatic rings. The van der Waals surface area contributed by atoms with Crippen LogP contribution in [-0.4, -0.2) is 52.9 Å². The molecular formula is C25H37N3O3+2. The van der Waals surface area contributed by atoms with E-state index < -0.39 is 0 Å². The number of nitrogens with one attached hydrogen (secondary N) is 3. The van der Waals surface area contributed by atoms with Gasteiger partial charge in [-0.05, 0) is 56.5 Å². The predicted molar refractivity (Wildman–Crippen MR) is 124 cm³/mol. The molecule has 6 nitrogen and oxygen atoms in total. The molecule has 0 saturated carbocycles. The average molecular weight is 428 g/mol. The molecule has 6 heteroatoms. The van der Waals surface area contributed by atoms with E-state index in [2.05, 4.69) is 57.3 Å². The Balaban J connectivity index is 1.53. The summed E-state index contributed by atoms with van der Waals surface area (Å²) in [6.45, 7) is 13.9. The molecule has 1 fully saturated rings. The Morgan fingerprint density at radius 3 is 1.97 bits per heavy atom. The van der Waals surface area contributed by atoms with Gasteiger partial charge in [0.2, 0.25) is 0 Å². The van der Waals surface area contributed by atoms with E-state index in [9.17, 15) is 4.79 Å². The molecule has 1 heterocycles. The summed E-state index contributed by atoms with van der Waals surface area (Å²) < 4.78 is 10.9. The van der Waals surface area contributed by atoms with Gasteiger partial charge in [0, 0.05) is 11.3 Å². The van der Waals surface area contributed by atoms with Crippen LogP contribution in [0.5, 0.6) is 11.5 Å². The second kappa shape index (κ2) is 10.2. The first-order valence-electron chi connectivity index (χ1n) is 11.1. The maximum atomic E-state index is 12.7. The van der Waals surface area contributed by atoms with Gasteiger partial charge in [0.25, 0.3) is 5.91 Å². The number of methoxy groups -OCH3 is 2. The Morgan fingerprint density at radius 2 is 1.39 bits per heavy atom. The molecule has 3 N–H and O–H groups in total. The number of amides is 1. The third-order valence-electron chi connectivity index (χ3n) is 6.30. The lowest BCUT2D eigenvalue weighted by molar-refractivity contribution is -1.02. The molecular weight excluding hydrogens is 390 g/mol. The van der Waals surface area contributed by atoms with E-state index >= 15 is 0 Å². The van der Waals surface area contributed by atoms with Gasteiger partial charge >= 0.3 is 0 Å². The quantitative estimate of drug-likeness (QED) is 0.614. The number of hydrogen-bond acceptors (Lipinski definition) is 3. The molecule has 0 aromatic heterocycles. The molecule has 0 radical (unpaired) electrons. The molecule has 1 saturated heterocycles. The lowest BCUT2D eigenvalue weighted by Gasteiger charge is -2.30. The molecule has 0 unspecified atom stereocenters. The molecule has 0 spiro atoms. The summed E-state index contributed by atoms with van der Waals surface area (Å²) in [6, 6.07) is 8.39. The Labute approximate surface area is 186 Å². The Morgan fingerprint density at radius 1 is 0.839 bits per heavy atom. The minimum Gasteiger partial charge on any atom is -0.493 e. The molecule has 2 aromatic carbocycles. The Hall–Kier alpha value is -2.57. The lowest BCUT2D eigenvalue weighted by atomic mass is 10.1. The minimum atomic E-state index is 0.101. The van der Waals surface area contributed by atoms with E-state index in [4.69, 9.17) is 9.47 Å². The van der Waals surface area contributed by atoms with Gasteiger partial charge < -0.3 is 24.6 Å². The summed E-state index contributed by atoms with van der Waals surface area (Å²) in [7, 11) is 3.35. The fourth-order valence-corrected chi connectivity index (χ4v) is 4.58. The van der Waals surface area contributed by atoms with E-state index in [1.807, 2.05) is 0 Å².